The Kier molecular flexibility index (Phi) is 5.08. The highest BCUT2D eigenvalue weighted by molar-refractivity contribution is 9.10. The van der Waals surface area contributed by atoms with Gasteiger partial charge in [0.05, 0.1) is 18.2 Å². The first kappa shape index (κ1) is 14.9. The number of aliphatic hydroxyl groups is 1. The molecule has 0 fully saturated rings. The number of hydrogen-bond donors (Lipinski definition) is 3. The van der Waals surface area contributed by atoms with Crippen molar-refractivity contribution < 1.29 is 5.11 Å². The molecule has 0 aromatic carbocycles. The van der Waals surface area contributed by atoms with Crippen LogP contribution in [0.5, 0.6) is 0 Å². The quantitative estimate of drug-likeness (QED) is 0.747. The van der Waals surface area contributed by atoms with Gasteiger partial charge in [-0.2, -0.15) is 4.98 Å². The third-order valence-corrected chi connectivity index (χ3v) is 3.42. The molecule has 1 atom stereocenters. The number of nitrogen functional groups attached to an aromatic ring is 1. The van der Waals surface area contributed by atoms with Crippen molar-refractivity contribution in [3.05, 3.63) is 16.7 Å². The molecule has 6 nitrogen and oxygen atoms in total. The lowest BCUT2D eigenvalue weighted by molar-refractivity contribution is 0.267. The Morgan fingerprint density at radius 3 is 2.95 bits per heavy atom. The molecule has 0 aliphatic carbocycles. The van der Waals surface area contributed by atoms with Gasteiger partial charge in [-0.3, -0.25) is 0 Å². The fraction of sp³-hybridized carbons (Fsp3) is 0.462. The summed E-state index contributed by atoms with van der Waals surface area (Å²) in [7, 11) is 0. The predicted molar refractivity (Wildman–Crippen MR) is 83.5 cm³/mol. The first-order valence-corrected chi connectivity index (χ1v) is 7.39. The topological polar surface area (TPSA) is 97.0 Å². The van der Waals surface area contributed by atoms with E-state index in [2.05, 4.69) is 43.1 Å². The molecule has 0 saturated carbocycles. The van der Waals surface area contributed by atoms with Crippen LogP contribution in [0, 0.1) is 0 Å². The zero-order valence-electron chi connectivity index (χ0n) is 11.3. The van der Waals surface area contributed by atoms with E-state index < -0.39 is 0 Å². The van der Waals surface area contributed by atoms with Crippen molar-refractivity contribution in [2.75, 3.05) is 17.7 Å². The van der Waals surface area contributed by atoms with Crippen LogP contribution in [0.2, 0.25) is 0 Å². The van der Waals surface area contributed by atoms with E-state index in [4.69, 9.17) is 5.73 Å². The summed E-state index contributed by atoms with van der Waals surface area (Å²) in [6.45, 7) is 2.16. The van der Waals surface area contributed by atoms with Gasteiger partial charge in [-0.15, -0.1) is 0 Å². The van der Waals surface area contributed by atoms with E-state index in [9.17, 15) is 5.11 Å². The maximum Gasteiger partial charge on any atom is 0.222 e. The number of hydrogen-bond acceptors (Lipinski definition) is 6. The molecule has 0 aliphatic heterocycles. The minimum absolute atomic E-state index is 0.0436. The second kappa shape index (κ2) is 6.81. The molecule has 4 N–H and O–H groups in total. The maximum atomic E-state index is 9.43. The van der Waals surface area contributed by atoms with E-state index >= 15 is 0 Å². The fourth-order valence-corrected chi connectivity index (χ4v) is 2.28. The minimum atomic E-state index is -0.0575. The van der Waals surface area contributed by atoms with Gasteiger partial charge in [0.15, 0.2) is 5.82 Å². The number of halogens is 1. The van der Waals surface area contributed by atoms with Crippen LogP contribution in [0.15, 0.2) is 16.7 Å². The average Bonchev–Trinajstić information content (AvgIpc) is 2.42. The molecule has 0 radical (unpaired) electrons. The third-order valence-electron chi connectivity index (χ3n) is 2.99. The van der Waals surface area contributed by atoms with Crippen molar-refractivity contribution in [1.82, 2.24) is 15.0 Å². The molecule has 108 valence electrons. The summed E-state index contributed by atoms with van der Waals surface area (Å²) in [4.78, 5) is 12.7. The number of nitrogens with two attached hydrogens (primary N) is 1. The summed E-state index contributed by atoms with van der Waals surface area (Å²) in [6, 6.07) is 1.78. The second-order valence-electron chi connectivity index (χ2n) is 4.62. The number of nitrogens with one attached hydrogen (secondary N) is 1. The van der Waals surface area contributed by atoms with Gasteiger partial charge in [-0.25, -0.2) is 9.97 Å². The second-order valence-corrected chi connectivity index (χ2v) is 5.53. The van der Waals surface area contributed by atoms with E-state index in [1.807, 2.05) is 6.07 Å². The van der Waals surface area contributed by atoms with Crippen molar-refractivity contribution in [2.24, 2.45) is 0 Å². The van der Waals surface area contributed by atoms with Crippen LogP contribution in [0.1, 0.15) is 26.2 Å². The van der Waals surface area contributed by atoms with Crippen LogP contribution < -0.4 is 11.1 Å². The number of rotatable bonds is 6. The lowest BCUT2D eigenvalue weighted by Crippen LogP contribution is -2.24. The summed E-state index contributed by atoms with van der Waals surface area (Å²) in [6.07, 6.45) is 4.67. The molecule has 0 aliphatic rings. The molecular weight excluding hydrogens is 322 g/mol. The highest BCUT2D eigenvalue weighted by Crippen LogP contribution is 2.23. The first-order chi connectivity index (χ1) is 9.63. The monoisotopic (exact) mass is 339 g/mol. The summed E-state index contributed by atoms with van der Waals surface area (Å²) in [5.41, 5.74) is 7.04. The number of aliphatic hydroxyl groups excluding tert-OH is 1. The van der Waals surface area contributed by atoms with E-state index in [0.29, 0.717) is 16.9 Å². The van der Waals surface area contributed by atoms with Crippen LogP contribution in [0.25, 0.3) is 11.0 Å². The maximum absolute atomic E-state index is 9.43. The van der Waals surface area contributed by atoms with Gasteiger partial charge in [0.25, 0.3) is 0 Å². The largest absolute Gasteiger partial charge is 0.394 e. The molecule has 2 rings (SSSR count). The van der Waals surface area contributed by atoms with Gasteiger partial charge >= 0.3 is 0 Å². The number of nitrogens with zero attached hydrogens (tertiary/aromatic N) is 3. The van der Waals surface area contributed by atoms with Gasteiger partial charge in [0.2, 0.25) is 5.95 Å². The molecule has 0 spiro atoms. The van der Waals surface area contributed by atoms with Gasteiger partial charge < -0.3 is 16.2 Å². The Balaban J connectivity index is 2.32. The van der Waals surface area contributed by atoms with Crippen LogP contribution in [0.4, 0.5) is 11.8 Å². The van der Waals surface area contributed by atoms with Crippen molar-refractivity contribution in [1.29, 1.82) is 0 Å². The molecule has 2 aromatic heterocycles. The standard InChI is InChI=1S/C13H18BrN5O/c1-2-3-4-9(7-20)17-12-11-10(18-13(15)19-12)5-8(14)6-16-11/h5-6,9,20H,2-4,7H2,1H3,(H3,15,17,18,19)/t9-/m1/s1. The lowest BCUT2D eigenvalue weighted by atomic mass is 10.1. The molecule has 0 unspecified atom stereocenters. The summed E-state index contributed by atoms with van der Waals surface area (Å²) in [5.74, 6) is 0.752. The van der Waals surface area contributed by atoms with E-state index in [0.717, 1.165) is 23.7 Å². The molecule has 0 bridgehead atoms. The Labute approximate surface area is 126 Å². The Hall–Kier alpha value is -1.47. The molecular formula is C13H18BrN5O. The van der Waals surface area contributed by atoms with Crippen LogP contribution in [0.3, 0.4) is 0 Å². The Bertz CT molecular complexity index is 587. The van der Waals surface area contributed by atoms with E-state index in [-0.39, 0.29) is 18.6 Å². The molecule has 7 heteroatoms. The van der Waals surface area contributed by atoms with Crippen molar-refractivity contribution in [3.8, 4) is 0 Å². The fourth-order valence-electron chi connectivity index (χ4n) is 1.97. The number of fused-ring (bicyclic) bond motifs is 1. The first-order valence-electron chi connectivity index (χ1n) is 6.60. The van der Waals surface area contributed by atoms with Gasteiger partial charge in [-0.1, -0.05) is 19.8 Å². The highest BCUT2D eigenvalue weighted by atomic mass is 79.9. The van der Waals surface area contributed by atoms with Crippen molar-refractivity contribution in [2.45, 2.75) is 32.2 Å². The molecule has 0 saturated heterocycles. The third kappa shape index (κ3) is 3.55. The molecule has 0 amide bonds. The van der Waals surface area contributed by atoms with Gasteiger partial charge in [0, 0.05) is 10.7 Å². The smallest absolute Gasteiger partial charge is 0.222 e. The van der Waals surface area contributed by atoms with E-state index in [1.54, 1.807) is 6.20 Å². The van der Waals surface area contributed by atoms with Crippen LogP contribution >= 0.6 is 15.9 Å². The van der Waals surface area contributed by atoms with Gasteiger partial charge in [-0.05, 0) is 28.4 Å². The zero-order chi connectivity index (χ0) is 14.5. The summed E-state index contributed by atoms with van der Waals surface area (Å²) < 4.78 is 0.832. The number of unbranched alkanes of at least 4 members (excludes halogenated alkanes) is 1. The van der Waals surface area contributed by atoms with Crippen molar-refractivity contribution >= 4 is 38.7 Å². The summed E-state index contributed by atoms with van der Waals surface area (Å²) in [5, 5.41) is 12.6. The van der Waals surface area contributed by atoms with Gasteiger partial charge in [0.1, 0.15) is 5.52 Å². The Morgan fingerprint density at radius 2 is 2.25 bits per heavy atom. The van der Waals surface area contributed by atoms with Crippen LogP contribution in [-0.2, 0) is 0 Å². The Morgan fingerprint density at radius 1 is 1.45 bits per heavy atom. The van der Waals surface area contributed by atoms with E-state index in [1.165, 1.54) is 0 Å². The minimum Gasteiger partial charge on any atom is -0.394 e. The van der Waals surface area contributed by atoms with Crippen LogP contribution in [-0.4, -0.2) is 32.7 Å². The zero-order valence-corrected chi connectivity index (χ0v) is 12.9. The van der Waals surface area contributed by atoms with Crippen molar-refractivity contribution in [3.63, 3.8) is 0 Å². The molecule has 20 heavy (non-hydrogen) atoms. The number of pyridine rings is 1. The number of anilines is 2. The molecule has 2 aromatic rings. The average molecular weight is 340 g/mol. The molecule has 2 heterocycles. The normalized spacial score (nSPS) is 12.6. The SMILES string of the molecule is CCCC[C@H](CO)Nc1nc(N)nc2cc(Br)cnc12. The number of aromatic nitrogens is 3. The lowest BCUT2D eigenvalue weighted by Gasteiger charge is -2.17. The predicted octanol–water partition coefficient (Wildman–Crippen LogP) is 2.33. The highest BCUT2D eigenvalue weighted by Gasteiger charge is 2.13. The summed E-state index contributed by atoms with van der Waals surface area (Å²) >= 11 is 3.36.